The molecule has 0 heterocycles. The van der Waals surface area contributed by atoms with Gasteiger partial charge in [0.2, 0.25) is 0 Å². The minimum Gasteiger partial charge on any atom is -0.394 e. The van der Waals surface area contributed by atoms with E-state index in [0.29, 0.717) is 0 Å². The standard InChI is InChI=1S/C5H10N2O2/c6-4(9)7-5(3-8)1-2-5/h8H,1-3H2,(H3,6,7,9). The van der Waals surface area contributed by atoms with Crippen molar-refractivity contribution in [2.75, 3.05) is 6.61 Å². The summed E-state index contributed by atoms with van der Waals surface area (Å²) in [6.07, 6.45) is 1.68. The van der Waals surface area contributed by atoms with Gasteiger partial charge in [-0.05, 0) is 12.8 Å². The van der Waals surface area contributed by atoms with Gasteiger partial charge >= 0.3 is 6.03 Å². The Kier molecular flexibility index (Phi) is 1.32. The average Bonchev–Trinajstić information content (AvgIpc) is 2.48. The predicted octanol–water partition coefficient (Wildman–Crippen LogP) is -0.820. The fourth-order valence-electron chi connectivity index (χ4n) is 0.735. The van der Waals surface area contributed by atoms with Gasteiger partial charge in [-0.3, -0.25) is 0 Å². The van der Waals surface area contributed by atoms with Crippen LogP contribution in [0.5, 0.6) is 0 Å². The van der Waals surface area contributed by atoms with Gasteiger partial charge in [0.15, 0.2) is 0 Å². The number of rotatable bonds is 2. The molecule has 52 valence electrons. The molecule has 4 nitrogen and oxygen atoms in total. The first kappa shape index (κ1) is 6.35. The first-order valence-corrected chi connectivity index (χ1v) is 2.87. The highest BCUT2D eigenvalue weighted by molar-refractivity contribution is 5.73. The number of hydrogen-bond acceptors (Lipinski definition) is 2. The monoisotopic (exact) mass is 130 g/mol. The van der Waals surface area contributed by atoms with Gasteiger partial charge in [0, 0.05) is 0 Å². The lowest BCUT2D eigenvalue weighted by molar-refractivity contribution is 0.215. The van der Waals surface area contributed by atoms with Crippen molar-refractivity contribution in [2.24, 2.45) is 5.73 Å². The van der Waals surface area contributed by atoms with Crippen molar-refractivity contribution in [3.63, 3.8) is 0 Å². The molecular formula is C5H10N2O2. The number of nitrogens with two attached hydrogens (primary N) is 1. The average molecular weight is 130 g/mol. The van der Waals surface area contributed by atoms with Crippen molar-refractivity contribution in [1.29, 1.82) is 0 Å². The molecule has 1 fully saturated rings. The highest BCUT2D eigenvalue weighted by Gasteiger charge is 2.42. The van der Waals surface area contributed by atoms with Gasteiger partial charge in [0.25, 0.3) is 0 Å². The van der Waals surface area contributed by atoms with Crippen LogP contribution in [-0.2, 0) is 0 Å². The van der Waals surface area contributed by atoms with Crippen molar-refractivity contribution in [2.45, 2.75) is 18.4 Å². The molecule has 0 atom stereocenters. The summed E-state index contributed by atoms with van der Waals surface area (Å²) in [5.41, 5.74) is 4.48. The normalized spacial score (nSPS) is 21.0. The predicted molar refractivity (Wildman–Crippen MR) is 31.8 cm³/mol. The van der Waals surface area contributed by atoms with Gasteiger partial charge in [0.05, 0.1) is 12.1 Å². The number of carbonyl (C=O) groups excluding carboxylic acids is 1. The van der Waals surface area contributed by atoms with E-state index in [-0.39, 0.29) is 12.1 Å². The van der Waals surface area contributed by atoms with Crippen molar-refractivity contribution >= 4 is 6.03 Å². The summed E-state index contributed by atoms with van der Waals surface area (Å²) >= 11 is 0. The number of amides is 2. The summed E-state index contributed by atoms with van der Waals surface area (Å²) < 4.78 is 0. The second-order valence-corrected chi connectivity index (χ2v) is 2.43. The van der Waals surface area contributed by atoms with Crippen LogP contribution in [0, 0.1) is 0 Å². The number of aliphatic hydroxyl groups excluding tert-OH is 1. The van der Waals surface area contributed by atoms with Crippen LogP contribution in [-0.4, -0.2) is 23.3 Å². The summed E-state index contributed by atoms with van der Waals surface area (Å²) in [6, 6.07) is -0.554. The van der Waals surface area contributed by atoms with E-state index in [1.807, 2.05) is 0 Å². The van der Waals surface area contributed by atoms with E-state index in [4.69, 9.17) is 10.8 Å². The number of urea groups is 1. The van der Waals surface area contributed by atoms with Gasteiger partial charge in [-0.2, -0.15) is 0 Å². The number of aliphatic hydroxyl groups is 1. The highest BCUT2D eigenvalue weighted by atomic mass is 16.3. The molecule has 1 aliphatic carbocycles. The summed E-state index contributed by atoms with van der Waals surface area (Å²) in [5, 5.41) is 11.1. The van der Waals surface area contributed by atoms with Crippen LogP contribution in [0.4, 0.5) is 4.79 Å². The van der Waals surface area contributed by atoms with Gasteiger partial charge in [-0.15, -0.1) is 0 Å². The lowest BCUT2D eigenvalue weighted by atomic mass is 10.3. The molecule has 1 rings (SSSR count). The third-order valence-corrected chi connectivity index (χ3v) is 1.54. The van der Waals surface area contributed by atoms with Crippen LogP contribution in [0.15, 0.2) is 0 Å². The maximum atomic E-state index is 10.2. The first-order chi connectivity index (χ1) is 4.18. The molecule has 9 heavy (non-hydrogen) atoms. The number of primary amides is 1. The Bertz CT molecular complexity index is 131. The largest absolute Gasteiger partial charge is 0.394 e. The Balaban J connectivity index is 2.33. The van der Waals surface area contributed by atoms with Crippen molar-refractivity contribution in [3.8, 4) is 0 Å². The quantitative estimate of drug-likeness (QED) is 0.456. The Morgan fingerprint density at radius 3 is 2.44 bits per heavy atom. The number of nitrogens with one attached hydrogen (secondary N) is 1. The van der Waals surface area contributed by atoms with Crippen LogP contribution in [0.3, 0.4) is 0 Å². The molecule has 4 heteroatoms. The van der Waals surface area contributed by atoms with Gasteiger partial charge in [-0.25, -0.2) is 4.79 Å². The number of carbonyl (C=O) groups is 1. The zero-order chi connectivity index (χ0) is 6.91. The van der Waals surface area contributed by atoms with Gasteiger partial charge in [-0.1, -0.05) is 0 Å². The van der Waals surface area contributed by atoms with Crippen molar-refractivity contribution in [1.82, 2.24) is 5.32 Å². The smallest absolute Gasteiger partial charge is 0.312 e. The molecular weight excluding hydrogens is 120 g/mol. The third kappa shape index (κ3) is 1.32. The molecule has 0 aliphatic heterocycles. The lowest BCUT2D eigenvalue weighted by Crippen LogP contribution is -2.42. The molecule has 0 saturated heterocycles. The molecule has 1 saturated carbocycles. The molecule has 0 spiro atoms. The summed E-state index contributed by atoms with van der Waals surface area (Å²) in [6.45, 7) is -0.00403. The number of hydrogen-bond donors (Lipinski definition) is 3. The highest BCUT2D eigenvalue weighted by Crippen LogP contribution is 2.34. The first-order valence-electron chi connectivity index (χ1n) is 2.87. The molecule has 1 aliphatic rings. The van der Waals surface area contributed by atoms with Crippen LogP contribution in [0.25, 0.3) is 0 Å². The molecule has 4 N–H and O–H groups in total. The topological polar surface area (TPSA) is 75.4 Å². The maximum absolute atomic E-state index is 10.2. The Morgan fingerprint density at radius 2 is 2.33 bits per heavy atom. The second-order valence-electron chi connectivity index (χ2n) is 2.43. The Labute approximate surface area is 53.0 Å². The third-order valence-electron chi connectivity index (χ3n) is 1.54. The summed E-state index contributed by atoms with van der Waals surface area (Å²) in [7, 11) is 0. The second kappa shape index (κ2) is 1.88. The molecule has 0 unspecified atom stereocenters. The molecule has 0 aromatic rings. The van der Waals surface area contributed by atoms with Crippen molar-refractivity contribution < 1.29 is 9.90 Å². The van der Waals surface area contributed by atoms with Crippen molar-refractivity contribution in [3.05, 3.63) is 0 Å². The van der Waals surface area contributed by atoms with E-state index in [1.165, 1.54) is 0 Å². The Hall–Kier alpha value is -0.770. The Morgan fingerprint density at radius 1 is 1.78 bits per heavy atom. The van der Waals surface area contributed by atoms with Crippen LogP contribution in [0.1, 0.15) is 12.8 Å². The summed E-state index contributed by atoms with van der Waals surface area (Å²) in [4.78, 5) is 10.2. The minimum atomic E-state index is -0.554. The maximum Gasteiger partial charge on any atom is 0.312 e. The molecule has 2 amide bonds. The van der Waals surface area contributed by atoms with E-state index < -0.39 is 6.03 Å². The fourth-order valence-corrected chi connectivity index (χ4v) is 0.735. The zero-order valence-electron chi connectivity index (χ0n) is 5.05. The van der Waals surface area contributed by atoms with E-state index >= 15 is 0 Å². The van der Waals surface area contributed by atoms with E-state index in [1.54, 1.807) is 0 Å². The zero-order valence-corrected chi connectivity index (χ0v) is 5.05. The SMILES string of the molecule is NC(=O)NC1(CO)CC1. The van der Waals surface area contributed by atoms with Crippen LogP contribution < -0.4 is 11.1 Å². The van der Waals surface area contributed by atoms with Gasteiger partial charge in [0.1, 0.15) is 0 Å². The molecule has 0 bridgehead atoms. The van der Waals surface area contributed by atoms with E-state index in [2.05, 4.69) is 5.32 Å². The molecule has 0 aromatic heterocycles. The van der Waals surface area contributed by atoms with E-state index in [0.717, 1.165) is 12.8 Å². The lowest BCUT2D eigenvalue weighted by Gasteiger charge is -2.10. The van der Waals surface area contributed by atoms with Crippen LogP contribution in [0.2, 0.25) is 0 Å². The fraction of sp³-hybridized carbons (Fsp3) is 0.800. The summed E-state index contributed by atoms with van der Waals surface area (Å²) in [5.74, 6) is 0. The van der Waals surface area contributed by atoms with Crippen LogP contribution >= 0.6 is 0 Å². The van der Waals surface area contributed by atoms with Gasteiger partial charge < -0.3 is 16.2 Å². The molecule has 0 aromatic carbocycles. The van der Waals surface area contributed by atoms with E-state index in [9.17, 15) is 4.79 Å². The minimum absolute atomic E-state index is 0.00403. The molecule has 0 radical (unpaired) electrons.